The molecule has 0 aliphatic carbocycles. The molecule has 1 aromatic heterocycles. The number of nitrogens with one attached hydrogen (secondary N) is 1. The summed E-state index contributed by atoms with van der Waals surface area (Å²) >= 11 is 1.98. The molecule has 0 bridgehead atoms. The van der Waals surface area contributed by atoms with E-state index in [-0.39, 0.29) is 5.54 Å². The Morgan fingerprint density at radius 1 is 1.47 bits per heavy atom. The molecule has 1 aromatic rings. The van der Waals surface area contributed by atoms with Crippen LogP contribution in [0, 0.1) is 0 Å². The highest BCUT2D eigenvalue weighted by Crippen LogP contribution is 2.37. The molecule has 1 N–H and O–H groups in total. The van der Waals surface area contributed by atoms with Crippen LogP contribution in [0.3, 0.4) is 0 Å². The molecule has 0 spiro atoms. The highest BCUT2D eigenvalue weighted by Gasteiger charge is 2.20. The van der Waals surface area contributed by atoms with Gasteiger partial charge in [-0.1, -0.05) is 0 Å². The van der Waals surface area contributed by atoms with Crippen molar-refractivity contribution in [1.82, 2.24) is 15.3 Å². The molecular formula is C13H21N3S. The lowest BCUT2D eigenvalue weighted by atomic mass is 10.1. The third-order valence-electron chi connectivity index (χ3n) is 2.75. The Morgan fingerprint density at radius 3 is 2.94 bits per heavy atom. The summed E-state index contributed by atoms with van der Waals surface area (Å²) in [5.41, 5.74) is 1.23. The maximum absolute atomic E-state index is 4.66. The van der Waals surface area contributed by atoms with Gasteiger partial charge in [-0.05, 0) is 45.4 Å². The zero-order chi connectivity index (χ0) is 12.3. The van der Waals surface area contributed by atoms with Gasteiger partial charge < -0.3 is 5.32 Å². The first-order valence-corrected chi connectivity index (χ1v) is 7.28. The number of nitrogens with zero attached hydrogens (tertiary/aromatic N) is 2. The molecule has 1 aliphatic heterocycles. The molecule has 17 heavy (non-hydrogen) atoms. The zero-order valence-corrected chi connectivity index (χ0v) is 11.7. The summed E-state index contributed by atoms with van der Waals surface area (Å²) in [6, 6.07) is 2.00. The van der Waals surface area contributed by atoms with E-state index in [2.05, 4.69) is 36.1 Å². The Balaban J connectivity index is 2.01. The van der Waals surface area contributed by atoms with Crippen LogP contribution >= 0.6 is 11.8 Å². The Labute approximate surface area is 108 Å². The van der Waals surface area contributed by atoms with Gasteiger partial charge in [0.2, 0.25) is 0 Å². The first-order valence-electron chi connectivity index (χ1n) is 6.23. The monoisotopic (exact) mass is 251 g/mol. The highest BCUT2D eigenvalue weighted by atomic mass is 32.2. The topological polar surface area (TPSA) is 37.8 Å². The smallest absolute Gasteiger partial charge is 0.141 e. The molecule has 1 saturated heterocycles. The summed E-state index contributed by atoms with van der Waals surface area (Å²) in [6.45, 7) is 7.32. The van der Waals surface area contributed by atoms with Crippen molar-refractivity contribution in [2.45, 2.75) is 50.9 Å². The van der Waals surface area contributed by atoms with Crippen LogP contribution in [0.15, 0.2) is 12.3 Å². The average Bonchev–Trinajstić information content (AvgIpc) is 2.79. The van der Waals surface area contributed by atoms with E-state index in [4.69, 9.17) is 0 Å². The molecule has 1 unspecified atom stereocenters. The van der Waals surface area contributed by atoms with Gasteiger partial charge in [0.15, 0.2) is 0 Å². The second kappa shape index (κ2) is 5.36. The Kier molecular flexibility index (Phi) is 4.05. The van der Waals surface area contributed by atoms with E-state index >= 15 is 0 Å². The minimum absolute atomic E-state index is 0.132. The van der Waals surface area contributed by atoms with Gasteiger partial charge >= 0.3 is 0 Å². The molecule has 1 atom stereocenters. The van der Waals surface area contributed by atoms with Gasteiger partial charge in [0, 0.05) is 18.3 Å². The Hall–Kier alpha value is -0.610. The van der Waals surface area contributed by atoms with E-state index in [0.717, 1.165) is 18.1 Å². The number of rotatable bonds is 3. The van der Waals surface area contributed by atoms with Crippen LogP contribution in [0.2, 0.25) is 0 Å². The maximum atomic E-state index is 4.66. The van der Waals surface area contributed by atoms with Crippen LogP contribution in [-0.4, -0.2) is 21.3 Å². The fraction of sp³-hybridized carbons (Fsp3) is 0.692. The van der Waals surface area contributed by atoms with E-state index in [1.54, 1.807) is 0 Å². The average molecular weight is 251 g/mol. The van der Waals surface area contributed by atoms with Gasteiger partial charge in [0.1, 0.15) is 5.82 Å². The van der Waals surface area contributed by atoms with Crippen LogP contribution in [0.4, 0.5) is 0 Å². The van der Waals surface area contributed by atoms with Crippen LogP contribution in [0.25, 0.3) is 0 Å². The highest BCUT2D eigenvalue weighted by molar-refractivity contribution is 7.99. The fourth-order valence-corrected chi connectivity index (χ4v) is 3.02. The summed E-state index contributed by atoms with van der Waals surface area (Å²) < 4.78 is 0. The molecule has 2 rings (SSSR count). The molecular weight excluding hydrogens is 230 g/mol. The molecule has 1 aliphatic rings. The first-order chi connectivity index (χ1) is 8.04. The predicted molar refractivity (Wildman–Crippen MR) is 73.1 cm³/mol. The molecule has 4 heteroatoms. The normalized spacial score (nSPS) is 20.8. The zero-order valence-electron chi connectivity index (χ0n) is 10.9. The number of thioether (sulfide) groups is 1. The van der Waals surface area contributed by atoms with E-state index < -0.39 is 0 Å². The second-order valence-corrected chi connectivity index (χ2v) is 6.82. The quantitative estimate of drug-likeness (QED) is 0.896. The van der Waals surface area contributed by atoms with Crippen LogP contribution in [0.1, 0.15) is 50.4 Å². The van der Waals surface area contributed by atoms with Crippen molar-refractivity contribution in [2.75, 3.05) is 5.75 Å². The van der Waals surface area contributed by atoms with Crippen molar-refractivity contribution >= 4 is 11.8 Å². The standard InChI is InChI=1S/C13H21N3S/c1-13(2,3)15-9-10-6-7-14-12(16-10)11-5-4-8-17-11/h6-7,11,15H,4-5,8-9H2,1-3H3. The van der Waals surface area contributed by atoms with E-state index in [1.165, 1.54) is 18.6 Å². The minimum atomic E-state index is 0.132. The molecule has 0 radical (unpaired) electrons. The lowest BCUT2D eigenvalue weighted by Gasteiger charge is -2.20. The third-order valence-corrected chi connectivity index (χ3v) is 4.12. The summed E-state index contributed by atoms with van der Waals surface area (Å²) in [4.78, 5) is 9.07. The number of hydrogen-bond acceptors (Lipinski definition) is 4. The van der Waals surface area contributed by atoms with Gasteiger partial charge in [-0.15, -0.1) is 0 Å². The van der Waals surface area contributed by atoms with Gasteiger partial charge in [-0.3, -0.25) is 0 Å². The van der Waals surface area contributed by atoms with E-state index in [9.17, 15) is 0 Å². The molecule has 1 fully saturated rings. The van der Waals surface area contributed by atoms with Crippen molar-refractivity contribution in [1.29, 1.82) is 0 Å². The summed E-state index contributed by atoms with van der Waals surface area (Å²) in [7, 11) is 0. The summed E-state index contributed by atoms with van der Waals surface area (Å²) in [5.74, 6) is 2.26. The molecule has 94 valence electrons. The molecule has 2 heterocycles. The van der Waals surface area contributed by atoms with Crippen molar-refractivity contribution in [3.8, 4) is 0 Å². The largest absolute Gasteiger partial charge is 0.306 e. The van der Waals surface area contributed by atoms with Crippen molar-refractivity contribution in [3.63, 3.8) is 0 Å². The fourth-order valence-electron chi connectivity index (χ4n) is 1.80. The lowest BCUT2D eigenvalue weighted by molar-refractivity contribution is 0.420. The second-order valence-electron chi connectivity index (χ2n) is 5.51. The van der Waals surface area contributed by atoms with Gasteiger partial charge in [0.05, 0.1) is 10.9 Å². The predicted octanol–water partition coefficient (Wildman–Crippen LogP) is 2.93. The van der Waals surface area contributed by atoms with Crippen LogP contribution in [0.5, 0.6) is 0 Å². The van der Waals surface area contributed by atoms with E-state index in [0.29, 0.717) is 5.25 Å². The van der Waals surface area contributed by atoms with Crippen molar-refractivity contribution in [2.24, 2.45) is 0 Å². The first kappa shape index (κ1) is 12.8. The third kappa shape index (κ3) is 3.96. The maximum Gasteiger partial charge on any atom is 0.141 e. The molecule has 3 nitrogen and oxygen atoms in total. The Bertz CT molecular complexity index is 367. The van der Waals surface area contributed by atoms with Gasteiger partial charge in [0.25, 0.3) is 0 Å². The minimum Gasteiger partial charge on any atom is -0.306 e. The van der Waals surface area contributed by atoms with Gasteiger partial charge in [-0.2, -0.15) is 11.8 Å². The van der Waals surface area contributed by atoms with E-state index in [1.807, 2.05) is 24.0 Å². The Morgan fingerprint density at radius 2 is 2.29 bits per heavy atom. The van der Waals surface area contributed by atoms with Crippen LogP contribution < -0.4 is 5.32 Å². The van der Waals surface area contributed by atoms with Crippen molar-refractivity contribution in [3.05, 3.63) is 23.8 Å². The molecule has 0 amide bonds. The molecule has 0 aromatic carbocycles. The number of hydrogen-bond donors (Lipinski definition) is 1. The summed E-state index contributed by atoms with van der Waals surface area (Å²) in [6.07, 6.45) is 4.41. The lowest BCUT2D eigenvalue weighted by Crippen LogP contribution is -2.35. The van der Waals surface area contributed by atoms with Crippen LogP contribution in [-0.2, 0) is 6.54 Å². The SMILES string of the molecule is CC(C)(C)NCc1ccnc(C2CCCS2)n1. The number of aromatic nitrogens is 2. The molecule has 0 saturated carbocycles. The summed E-state index contributed by atoms with van der Waals surface area (Å²) in [5, 5.41) is 3.98. The van der Waals surface area contributed by atoms with Gasteiger partial charge in [-0.25, -0.2) is 9.97 Å². The van der Waals surface area contributed by atoms with Crippen molar-refractivity contribution < 1.29 is 0 Å².